The number of benzene rings is 3. The SMILES string of the molecule is CC[C@@H](/C=C(/C)[C@H]1C[C@H](O[Si](c2ccccc2)(c2ccccc2)C(C)(C)C)CC(=O)O1)COCc1ccccc1. The van der Waals surface area contributed by atoms with Crippen LogP contribution in [0.15, 0.2) is 103 Å². The van der Waals surface area contributed by atoms with Crippen molar-refractivity contribution >= 4 is 24.7 Å². The van der Waals surface area contributed by atoms with Crippen molar-refractivity contribution in [1.29, 1.82) is 0 Å². The molecule has 0 N–H and O–H groups in total. The van der Waals surface area contributed by atoms with Gasteiger partial charge in [0.25, 0.3) is 8.32 Å². The van der Waals surface area contributed by atoms with E-state index in [4.69, 9.17) is 13.9 Å². The maximum absolute atomic E-state index is 12.9. The number of ether oxygens (including phenoxy) is 2. The summed E-state index contributed by atoms with van der Waals surface area (Å²) < 4.78 is 19.2. The Bertz CT molecular complexity index is 1200. The van der Waals surface area contributed by atoms with Gasteiger partial charge in [0.2, 0.25) is 0 Å². The molecule has 0 unspecified atom stereocenters. The standard InChI is InChI=1S/C35H44O4Si/c1-6-28(25-37-26-29-16-10-7-11-17-29)22-27(2)33-23-30(24-34(36)38-33)39-40(35(3,4)5,31-18-12-8-13-19-31)32-20-14-9-15-21-32/h7-22,28,30,33H,6,23-26H2,1-5H3/b27-22-/t28-,30-,33+/m0/s1. The Labute approximate surface area is 241 Å². The van der Waals surface area contributed by atoms with Gasteiger partial charge in [0.15, 0.2) is 0 Å². The summed E-state index contributed by atoms with van der Waals surface area (Å²) in [5.41, 5.74) is 2.24. The van der Waals surface area contributed by atoms with Crippen molar-refractivity contribution in [3.8, 4) is 0 Å². The molecule has 4 nitrogen and oxygen atoms in total. The first-order valence-corrected chi connectivity index (χ1v) is 16.4. The zero-order chi connectivity index (χ0) is 28.6. The van der Waals surface area contributed by atoms with Crippen molar-refractivity contribution in [3.63, 3.8) is 0 Å². The van der Waals surface area contributed by atoms with Crippen LogP contribution in [0.2, 0.25) is 5.04 Å². The number of rotatable bonds is 11. The van der Waals surface area contributed by atoms with Crippen LogP contribution in [0.5, 0.6) is 0 Å². The molecular weight excluding hydrogens is 512 g/mol. The van der Waals surface area contributed by atoms with Crippen LogP contribution in [0.1, 0.15) is 59.4 Å². The first kappa shape index (κ1) is 30.0. The topological polar surface area (TPSA) is 44.8 Å². The van der Waals surface area contributed by atoms with Gasteiger partial charge in [-0.2, -0.15) is 0 Å². The Balaban J connectivity index is 1.55. The van der Waals surface area contributed by atoms with Crippen LogP contribution in [0, 0.1) is 5.92 Å². The molecule has 0 radical (unpaired) electrons. The van der Waals surface area contributed by atoms with E-state index in [-0.39, 0.29) is 35.6 Å². The zero-order valence-electron chi connectivity index (χ0n) is 24.6. The smallest absolute Gasteiger partial charge is 0.308 e. The summed E-state index contributed by atoms with van der Waals surface area (Å²) in [6, 6.07) is 31.4. The second kappa shape index (κ2) is 13.6. The summed E-state index contributed by atoms with van der Waals surface area (Å²) in [5.74, 6) is 0.0562. The van der Waals surface area contributed by atoms with Crippen LogP contribution in [0.4, 0.5) is 0 Å². The monoisotopic (exact) mass is 556 g/mol. The highest BCUT2D eigenvalue weighted by Gasteiger charge is 2.52. The lowest BCUT2D eigenvalue weighted by molar-refractivity contribution is -0.156. The van der Waals surface area contributed by atoms with Gasteiger partial charge in [-0.05, 0) is 39.9 Å². The van der Waals surface area contributed by atoms with Gasteiger partial charge in [-0.15, -0.1) is 0 Å². The van der Waals surface area contributed by atoms with Gasteiger partial charge in [0.1, 0.15) is 6.10 Å². The highest BCUT2D eigenvalue weighted by atomic mass is 28.4. The van der Waals surface area contributed by atoms with E-state index in [0.29, 0.717) is 19.6 Å². The molecule has 0 bridgehead atoms. The minimum atomic E-state index is -2.77. The van der Waals surface area contributed by atoms with E-state index in [1.165, 1.54) is 15.9 Å². The highest BCUT2D eigenvalue weighted by molar-refractivity contribution is 6.99. The molecule has 1 heterocycles. The summed E-state index contributed by atoms with van der Waals surface area (Å²) in [5, 5.41) is 2.29. The molecule has 212 valence electrons. The molecule has 3 aromatic carbocycles. The van der Waals surface area contributed by atoms with E-state index >= 15 is 0 Å². The number of esters is 1. The third-order valence-corrected chi connectivity index (χ3v) is 13.0. The van der Waals surface area contributed by atoms with Crippen molar-refractivity contribution in [3.05, 3.63) is 108 Å². The van der Waals surface area contributed by atoms with Gasteiger partial charge in [-0.25, -0.2) is 0 Å². The minimum Gasteiger partial charge on any atom is -0.458 e. The second-order valence-electron chi connectivity index (χ2n) is 11.9. The van der Waals surface area contributed by atoms with Crippen molar-refractivity contribution in [2.45, 2.75) is 77.7 Å². The maximum Gasteiger partial charge on any atom is 0.308 e. The fraction of sp³-hybridized carbons (Fsp3) is 0.400. The van der Waals surface area contributed by atoms with Crippen molar-refractivity contribution in [2.24, 2.45) is 5.92 Å². The van der Waals surface area contributed by atoms with E-state index < -0.39 is 8.32 Å². The maximum atomic E-state index is 12.9. The second-order valence-corrected chi connectivity index (χ2v) is 16.2. The number of hydrogen-bond donors (Lipinski definition) is 0. The van der Waals surface area contributed by atoms with Gasteiger partial charge in [-0.3, -0.25) is 4.79 Å². The Hall–Kier alpha value is -2.99. The predicted molar refractivity (Wildman–Crippen MR) is 165 cm³/mol. The normalized spacial score (nSPS) is 19.2. The molecular formula is C35H44O4Si. The molecule has 1 saturated heterocycles. The molecule has 0 saturated carbocycles. The largest absolute Gasteiger partial charge is 0.458 e. The fourth-order valence-electron chi connectivity index (χ4n) is 5.74. The van der Waals surface area contributed by atoms with E-state index in [0.717, 1.165) is 12.0 Å². The van der Waals surface area contributed by atoms with Gasteiger partial charge >= 0.3 is 5.97 Å². The summed E-state index contributed by atoms with van der Waals surface area (Å²) in [6.45, 7) is 12.3. The van der Waals surface area contributed by atoms with Crippen LogP contribution >= 0.6 is 0 Å². The lowest BCUT2D eigenvalue weighted by Crippen LogP contribution is -2.68. The summed E-state index contributed by atoms with van der Waals surface area (Å²) in [7, 11) is -2.77. The van der Waals surface area contributed by atoms with Crippen molar-refractivity contribution < 1.29 is 18.7 Å². The average molecular weight is 557 g/mol. The quantitative estimate of drug-likeness (QED) is 0.148. The molecule has 1 fully saturated rings. The first-order valence-electron chi connectivity index (χ1n) is 14.5. The summed E-state index contributed by atoms with van der Waals surface area (Å²) >= 11 is 0. The summed E-state index contributed by atoms with van der Waals surface area (Å²) in [6.07, 6.45) is 3.58. The van der Waals surface area contributed by atoms with E-state index in [1.54, 1.807) is 0 Å². The summed E-state index contributed by atoms with van der Waals surface area (Å²) in [4.78, 5) is 12.9. The predicted octanol–water partition coefficient (Wildman–Crippen LogP) is 6.83. The van der Waals surface area contributed by atoms with Gasteiger partial charge in [-0.1, -0.05) is 125 Å². The molecule has 1 aliphatic heterocycles. The van der Waals surface area contributed by atoms with Crippen LogP contribution < -0.4 is 10.4 Å². The third kappa shape index (κ3) is 7.20. The number of cyclic esters (lactones) is 1. The van der Waals surface area contributed by atoms with Crippen LogP contribution in [-0.2, 0) is 25.3 Å². The van der Waals surface area contributed by atoms with Gasteiger partial charge in [0, 0.05) is 12.3 Å². The first-order chi connectivity index (χ1) is 19.2. The molecule has 3 atom stereocenters. The minimum absolute atomic E-state index is 0.152. The fourth-order valence-corrected chi connectivity index (χ4v) is 10.4. The van der Waals surface area contributed by atoms with E-state index in [2.05, 4.69) is 101 Å². The van der Waals surface area contributed by atoms with Crippen molar-refractivity contribution in [2.75, 3.05) is 6.61 Å². The Kier molecular flexibility index (Phi) is 10.2. The number of hydrogen-bond acceptors (Lipinski definition) is 4. The molecule has 40 heavy (non-hydrogen) atoms. The van der Waals surface area contributed by atoms with Crippen molar-refractivity contribution in [1.82, 2.24) is 0 Å². The van der Waals surface area contributed by atoms with E-state index in [9.17, 15) is 4.79 Å². The van der Waals surface area contributed by atoms with E-state index in [1.807, 2.05) is 30.3 Å². The molecule has 0 spiro atoms. The zero-order valence-corrected chi connectivity index (χ0v) is 25.6. The lowest BCUT2D eigenvalue weighted by Gasteiger charge is -2.46. The Morgan fingerprint density at radius 1 is 0.950 bits per heavy atom. The van der Waals surface area contributed by atoms with Gasteiger partial charge < -0.3 is 13.9 Å². The molecule has 0 aliphatic carbocycles. The molecule has 3 aromatic rings. The molecule has 4 rings (SSSR count). The lowest BCUT2D eigenvalue weighted by atomic mass is 9.96. The third-order valence-electron chi connectivity index (χ3n) is 7.88. The average Bonchev–Trinajstić information content (AvgIpc) is 2.96. The Morgan fingerprint density at radius 2 is 1.50 bits per heavy atom. The van der Waals surface area contributed by atoms with Crippen LogP contribution in [-0.4, -0.2) is 33.1 Å². The highest BCUT2D eigenvalue weighted by Crippen LogP contribution is 2.39. The molecule has 0 amide bonds. The number of carbonyl (C=O) groups excluding carboxylic acids is 1. The van der Waals surface area contributed by atoms with Crippen LogP contribution in [0.3, 0.4) is 0 Å². The molecule has 0 aromatic heterocycles. The van der Waals surface area contributed by atoms with Crippen LogP contribution in [0.25, 0.3) is 0 Å². The molecule has 5 heteroatoms. The molecule has 1 aliphatic rings. The Morgan fingerprint density at radius 3 is 2.02 bits per heavy atom. The number of carbonyl (C=O) groups is 1. The van der Waals surface area contributed by atoms with Gasteiger partial charge in [0.05, 0.1) is 25.7 Å².